The highest BCUT2D eigenvalue weighted by atomic mass is 32.2. The Kier molecular flexibility index (Phi) is 4.04. The van der Waals surface area contributed by atoms with Gasteiger partial charge in [-0.2, -0.15) is 0 Å². The molecular weight excluding hydrogens is 279 g/mol. The number of carboxylic acid groups (broad SMARTS) is 1. The van der Waals surface area contributed by atoms with Crippen molar-refractivity contribution in [3.8, 4) is 0 Å². The van der Waals surface area contributed by atoms with E-state index in [1.807, 2.05) is 25.3 Å². The summed E-state index contributed by atoms with van der Waals surface area (Å²) in [4.78, 5) is 15.2. The lowest BCUT2D eigenvalue weighted by atomic mass is 10.0. The van der Waals surface area contributed by atoms with Gasteiger partial charge in [0.1, 0.15) is 5.82 Å². The number of halogens is 1. The maximum absolute atomic E-state index is 13.5. The van der Waals surface area contributed by atoms with Crippen molar-refractivity contribution in [1.82, 2.24) is 9.55 Å². The Balaban J connectivity index is 2.60. The lowest BCUT2D eigenvalue weighted by Crippen LogP contribution is -2.26. The summed E-state index contributed by atoms with van der Waals surface area (Å²) in [6, 6.07) is 4.44. The van der Waals surface area contributed by atoms with Crippen molar-refractivity contribution in [3.05, 3.63) is 24.0 Å². The van der Waals surface area contributed by atoms with Gasteiger partial charge in [0.05, 0.1) is 16.8 Å². The fraction of sp³-hybridized carbons (Fsp3) is 0.429. The normalized spacial score (nSPS) is 12.0. The first kappa shape index (κ1) is 14.8. The summed E-state index contributed by atoms with van der Waals surface area (Å²) in [5.41, 5.74) is 1.12. The Morgan fingerprint density at radius 3 is 2.80 bits per heavy atom. The summed E-state index contributed by atoms with van der Waals surface area (Å²) >= 11 is 1.16. The van der Waals surface area contributed by atoms with E-state index in [4.69, 9.17) is 5.11 Å². The lowest BCUT2D eigenvalue weighted by Gasteiger charge is -2.27. The van der Waals surface area contributed by atoms with Crippen LogP contribution < -0.4 is 0 Å². The van der Waals surface area contributed by atoms with Crippen molar-refractivity contribution >= 4 is 28.8 Å². The molecule has 0 spiro atoms. The highest BCUT2D eigenvalue weighted by molar-refractivity contribution is 7.99. The van der Waals surface area contributed by atoms with E-state index in [0.717, 1.165) is 18.2 Å². The SMILES string of the molecule is CCC(C)(C)n1c(SCC(=O)O)nc2ccc(F)cc21. The van der Waals surface area contributed by atoms with Crippen molar-refractivity contribution in [2.45, 2.75) is 37.9 Å². The van der Waals surface area contributed by atoms with Gasteiger partial charge in [0, 0.05) is 5.54 Å². The number of fused-ring (bicyclic) bond motifs is 1. The fourth-order valence-electron chi connectivity index (χ4n) is 1.99. The number of rotatable bonds is 5. The number of benzene rings is 1. The van der Waals surface area contributed by atoms with Gasteiger partial charge in [-0.3, -0.25) is 4.79 Å². The molecular formula is C14H17FN2O2S. The predicted octanol–water partition coefficient (Wildman–Crippen LogP) is 3.50. The number of nitrogens with zero attached hydrogens (tertiary/aromatic N) is 2. The largest absolute Gasteiger partial charge is 0.481 e. The number of aromatic nitrogens is 2. The molecule has 6 heteroatoms. The van der Waals surface area contributed by atoms with Gasteiger partial charge < -0.3 is 9.67 Å². The zero-order valence-electron chi connectivity index (χ0n) is 11.7. The first-order valence-corrected chi connectivity index (χ1v) is 7.37. The van der Waals surface area contributed by atoms with E-state index in [-0.39, 0.29) is 17.1 Å². The Hall–Kier alpha value is -1.56. The monoisotopic (exact) mass is 296 g/mol. The molecule has 0 bridgehead atoms. The number of aliphatic carboxylic acids is 1. The molecule has 0 amide bonds. The van der Waals surface area contributed by atoms with Crippen molar-refractivity contribution < 1.29 is 14.3 Å². The fourth-order valence-corrected chi connectivity index (χ4v) is 2.88. The molecule has 20 heavy (non-hydrogen) atoms. The van der Waals surface area contributed by atoms with Crippen LogP contribution in [-0.4, -0.2) is 26.4 Å². The quantitative estimate of drug-likeness (QED) is 0.858. The van der Waals surface area contributed by atoms with Crippen LogP contribution in [0.4, 0.5) is 4.39 Å². The van der Waals surface area contributed by atoms with Crippen molar-refractivity contribution in [2.75, 3.05) is 5.75 Å². The molecule has 0 aliphatic carbocycles. The summed E-state index contributed by atoms with van der Waals surface area (Å²) in [6.45, 7) is 6.10. The van der Waals surface area contributed by atoms with Crippen molar-refractivity contribution in [1.29, 1.82) is 0 Å². The van der Waals surface area contributed by atoms with Crippen LogP contribution in [0.1, 0.15) is 27.2 Å². The number of hydrogen-bond acceptors (Lipinski definition) is 3. The van der Waals surface area contributed by atoms with E-state index >= 15 is 0 Å². The molecule has 2 aromatic rings. The minimum Gasteiger partial charge on any atom is -0.481 e. The number of thioether (sulfide) groups is 1. The third-order valence-corrected chi connectivity index (χ3v) is 4.30. The van der Waals surface area contributed by atoms with Gasteiger partial charge in [-0.25, -0.2) is 9.37 Å². The maximum atomic E-state index is 13.5. The molecule has 1 aromatic carbocycles. The maximum Gasteiger partial charge on any atom is 0.313 e. The average molecular weight is 296 g/mol. The molecule has 0 aliphatic heterocycles. The van der Waals surface area contributed by atoms with Crippen LogP contribution in [0.5, 0.6) is 0 Å². The summed E-state index contributed by atoms with van der Waals surface area (Å²) in [6.07, 6.45) is 0.829. The molecule has 0 aliphatic rings. The first-order chi connectivity index (χ1) is 9.35. The smallest absolute Gasteiger partial charge is 0.313 e. The van der Waals surface area contributed by atoms with Gasteiger partial charge >= 0.3 is 5.97 Å². The zero-order chi connectivity index (χ0) is 14.9. The molecule has 2 rings (SSSR count). The average Bonchev–Trinajstić information content (AvgIpc) is 2.74. The predicted molar refractivity (Wildman–Crippen MR) is 77.7 cm³/mol. The van der Waals surface area contributed by atoms with E-state index in [9.17, 15) is 9.18 Å². The van der Waals surface area contributed by atoms with Crippen molar-refractivity contribution in [3.63, 3.8) is 0 Å². The summed E-state index contributed by atoms with van der Waals surface area (Å²) in [5, 5.41) is 9.44. The molecule has 4 nitrogen and oxygen atoms in total. The Labute approximate surface area is 121 Å². The third kappa shape index (κ3) is 2.80. The second kappa shape index (κ2) is 5.44. The van der Waals surface area contributed by atoms with E-state index in [2.05, 4.69) is 4.98 Å². The van der Waals surface area contributed by atoms with Crippen LogP contribution in [0.2, 0.25) is 0 Å². The van der Waals surface area contributed by atoms with Crippen LogP contribution in [-0.2, 0) is 10.3 Å². The summed E-state index contributed by atoms with van der Waals surface area (Å²) in [7, 11) is 0. The molecule has 0 saturated carbocycles. The van der Waals surface area contributed by atoms with E-state index in [1.165, 1.54) is 12.1 Å². The molecule has 0 unspecified atom stereocenters. The first-order valence-electron chi connectivity index (χ1n) is 6.38. The highest BCUT2D eigenvalue weighted by Crippen LogP contribution is 2.32. The Morgan fingerprint density at radius 2 is 2.20 bits per heavy atom. The Bertz CT molecular complexity index is 652. The van der Waals surface area contributed by atoms with Gasteiger partial charge in [-0.05, 0) is 38.5 Å². The zero-order valence-corrected chi connectivity index (χ0v) is 12.5. The molecule has 1 aromatic heterocycles. The standard InChI is InChI=1S/C14H17FN2O2S/c1-4-14(2,3)17-11-7-9(15)5-6-10(11)16-13(17)20-8-12(18)19/h5-7H,4,8H2,1-3H3,(H,18,19). The van der Waals surface area contributed by atoms with Crippen LogP contribution in [0.25, 0.3) is 11.0 Å². The molecule has 0 radical (unpaired) electrons. The lowest BCUT2D eigenvalue weighted by molar-refractivity contribution is -0.133. The van der Waals surface area contributed by atoms with Crippen LogP contribution in [0, 0.1) is 5.82 Å². The second-order valence-electron chi connectivity index (χ2n) is 5.21. The van der Waals surface area contributed by atoms with Gasteiger partial charge in [0.15, 0.2) is 5.16 Å². The molecule has 0 atom stereocenters. The number of carboxylic acids is 1. The van der Waals surface area contributed by atoms with Crippen LogP contribution >= 0.6 is 11.8 Å². The van der Waals surface area contributed by atoms with E-state index in [1.54, 1.807) is 6.07 Å². The van der Waals surface area contributed by atoms with Gasteiger partial charge in [0.2, 0.25) is 0 Å². The molecule has 108 valence electrons. The summed E-state index contributed by atoms with van der Waals surface area (Å²) < 4.78 is 15.4. The second-order valence-corrected chi connectivity index (χ2v) is 6.15. The molecule has 0 saturated heterocycles. The number of hydrogen-bond donors (Lipinski definition) is 1. The topological polar surface area (TPSA) is 55.1 Å². The Morgan fingerprint density at radius 1 is 1.50 bits per heavy atom. The molecule has 0 fully saturated rings. The summed E-state index contributed by atoms with van der Waals surface area (Å²) in [5.74, 6) is -1.28. The van der Waals surface area contributed by atoms with Gasteiger partial charge in [0.25, 0.3) is 0 Å². The van der Waals surface area contributed by atoms with Gasteiger partial charge in [-0.1, -0.05) is 18.7 Å². The minimum atomic E-state index is -0.894. The number of imidazole rings is 1. The highest BCUT2D eigenvalue weighted by Gasteiger charge is 2.25. The van der Waals surface area contributed by atoms with E-state index in [0.29, 0.717) is 16.2 Å². The van der Waals surface area contributed by atoms with Gasteiger partial charge in [-0.15, -0.1) is 0 Å². The third-order valence-electron chi connectivity index (χ3n) is 3.38. The number of carbonyl (C=O) groups is 1. The molecule has 1 N–H and O–H groups in total. The molecule has 1 heterocycles. The van der Waals surface area contributed by atoms with Crippen LogP contribution in [0.15, 0.2) is 23.4 Å². The van der Waals surface area contributed by atoms with Crippen LogP contribution in [0.3, 0.4) is 0 Å². The van der Waals surface area contributed by atoms with E-state index < -0.39 is 5.97 Å². The minimum absolute atomic E-state index is 0.0639. The van der Waals surface area contributed by atoms with Crippen molar-refractivity contribution in [2.24, 2.45) is 0 Å².